The van der Waals surface area contributed by atoms with E-state index >= 15 is 0 Å². The normalized spacial score (nSPS) is 10.8. The number of unbranched alkanes of at least 4 members (excludes halogenated alkanes) is 1. The Balaban J connectivity index is 2.03. The predicted molar refractivity (Wildman–Crippen MR) is 79.2 cm³/mol. The lowest BCUT2D eigenvalue weighted by molar-refractivity contribution is 0.102. The summed E-state index contributed by atoms with van der Waals surface area (Å²) in [5.74, 6) is -0.526. The van der Waals surface area contributed by atoms with Gasteiger partial charge in [-0.25, -0.2) is 14.3 Å². The van der Waals surface area contributed by atoms with E-state index < -0.39 is 5.82 Å². The van der Waals surface area contributed by atoms with E-state index in [1.54, 1.807) is 6.07 Å². The zero-order chi connectivity index (χ0) is 15.2. The largest absolute Gasteiger partial charge is 0.343 e. The molecule has 0 radical (unpaired) electrons. The molecule has 1 heterocycles. The molecule has 0 aliphatic heterocycles. The molecular formula is C14H16FN3O2S. The molecule has 0 aliphatic carbocycles. The van der Waals surface area contributed by atoms with Gasteiger partial charge >= 0.3 is 5.69 Å². The highest BCUT2D eigenvalue weighted by Gasteiger charge is 2.12. The van der Waals surface area contributed by atoms with E-state index in [1.807, 2.05) is 6.92 Å². The number of thioether (sulfide) groups is 1. The van der Waals surface area contributed by atoms with Crippen LogP contribution in [0.15, 0.2) is 34.2 Å². The number of carbonyl (C=O) groups is 1. The van der Waals surface area contributed by atoms with Crippen LogP contribution in [0.5, 0.6) is 0 Å². The number of benzene rings is 1. The number of H-pyrrole nitrogens is 1. The van der Waals surface area contributed by atoms with Crippen LogP contribution < -0.4 is 5.69 Å². The average Bonchev–Trinajstić information content (AvgIpc) is 2.83. The Bertz CT molecular complexity index is 681. The van der Waals surface area contributed by atoms with Crippen LogP contribution in [0, 0.1) is 5.82 Å². The van der Waals surface area contributed by atoms with Gasteiger partial charge in [0.15, 0.2) is 10.9 Å². The van der Waals surface area contributed by atoms with Crippen molar-refractivity contribution in [1.82, 2.24) is 14.8 Å². The minimum absolute atomic E-state index is 0.111. The first-order valence-corrected chi connectivity index (χ1v) is 7.67. The fourth-order valence-electron chi connectivity index (χ4n) is 1.80. The Kier molecular flexibility index (Phi) is 5.32. The molecule has 2 rings (SSSR count). The van der Waals surface area contributed by atoms with Crippen LogP contribution in [0.1, 0.15) is 30.1 Å². The lowest BCUT2D eigenvalue weighted by Gasteiger charge is -2.04. The third-order valence-electron chi connectivity index (χ3n) is 2.94. The molecule has 0 atom stereocenters. The van der Waals surface area contributed by atoms with E-state index in [1.165, 1.54) is 34.5 Å². The minimum Gasteiger partial charge on any atom is -0.293 e. The summed E-state index contributed by atoms with van der Waals surface area (Å²) in [7, 11) is 0. The summed E-state index contributed by atoms with van der Waals surface area (Å²) in [6, 6.07) is 5.57. The van der Waals surface area contributed by atoms with Crippen LogP contribution in [0.25, 0.3) is 0 Å². The van der Waals surface area contributed by atoms with Gasteiger partial charge in [0.2, 0.25) is 0 Å². The average molecular weight is 309 g/mol. The summed E-state index contributed by atoms with van der Waals surface area (Å²) in [6.07, 6.45) is 1.83. The smallest absolute Gasteiger partial charge is 0.293 e. The van der Waals surface area contributed by atoms with E-state index in [0.29, 0.717) is 17.3 Å². The fourth-order valence-corrected chi connectivity index (χ4v) is 2.67. The predicted octanol–water partition coefficient (Wildman–Crippen LogP) is 2.49. The summed E-state index contributed by atoms with van der Waals surface area (Å²) in [5, 5.41) is 6.78. The van der Waals surface area contributed by atoms with Crippen LogP contribution in [-0.4, -0.2) is 26.3 Å². The fraction of sp³-hybridized carbons (Fsp3) is 0.357. The first kappa shape index (κ1) is 15.5. The molecule has 0 bridgehead atoms. The molecule has 0 amide bonds. The van der Waals surface area contributed by atoms with Crippen molar-refractivity contribution in [1.29, 1.82) is 0 Å². The number of ketones is 1. The van der Waals surface area contributed by atoms with Gasteiger partial charge < -0.3 is 0 Å². The topological polar surface area (TPSA) is 67.8 Å². The van der Waals surface area contributed by atoms with Gasteiger partial charge in [-0.1, -0.05) is 37.2 Å². The molecule has 0 fully saturated rings. The maximum absolute atomic E-state index is 13.1. The van der Waals surface area contributed by atoms with Crippen LogP contribution in [0.2, 0.25) is 0 Å². The van der Waals surface area contributed by atoms with E-state index in [2.05, 4.69) is 10.2 Å². The van der Waals surface area contributed by atoms with Gasteiger partial charge in [0, 0.05) is 12.1 Å². The van der Waals surface area contributed by atoms with Crippen molar-refractivity contribution in [2.75, 3.05) is 5.75 Å². The van der Waals surface area contributed by atoms with Crippen LogP contribution in [0.3, 0.4) is 0 Å². The highest BCUT2D eigenvalue weighted by molar-refractivity contribution is 7.99. The van der Waals surface area contributed by atoms with Crippen molar-refractivity contribution in [2.45, 2.75) is 31.5 Å². The number of hydrogen-bond donors (Lipinski definition) is 1. The van der Waals surface area contributed by atoms with Crippen LogP contribution in [-0.2, 0) is 6.54 Å². The number of carbonyl (C=O) groups excluding carboxylic acids is 1. The number of aromatic nitrogens is 3. The Morgan fingerprint density at radius 2 is 2.29 bits per heavy atom. The minimum atomic E-state index is -0.439. The summed E-state index contributed by atoms with van der Waals surface area (Å²) in [5.41, 5.74) is 0.0460. The van der Waals surface area contributed by atoms with E-state index in [-0.39, 0.29) is 17.2 Å². The molecule has 7 heteroatoms. The molecule has 21 heavy (non-hydrogen) atoms. The van der Waals surface area contributed by atoms with Crippen molar-refractivity contribution in [2.24, 2.45) is 0 Å². The van der Waals surface area contributed by atoms with Crippen molar-refractivity contribution >= 4 is 17.5 Å². The standard InChI is InChI=1S/C14H16FN3O2S/c1-2-3-7-18-13(20)16-17-14(18)21-9-12(19)10-5-4-6-11(15)8-10/h4-6,8H,2-3,7,9H2,1H3,(H,16,20). The lowest BCUT2D eigenvalue weighted by atomic mass is 10.1. The molecule has 0 saturated carbocycles. The Morgan fingerprint density at radius 1 is 1.48 bits per heavy atom. The molecule has 1 aromatic carbocycles. The quantitative estimate of drug-likeness (QED) is 0.630. The Morgan fingerprint density at radius 3 is 3.00 bits per heavy atom. The van der Waals surface area contributed by atoms with E-state index in [4.69, 9.17) is 0 Å². The molecule has 0 aliphatic rings. The second-order valence-electron chi connectivity index (χ2n) is 4.54. The summed E-state index contributed by atoms with van der Waals surface area (Å²) < 4.78 is 14.6. The van der Waals surface area contributed by atoms with Gasteiger partial charge in [-0.15, -0.1) is 5.10 Å². The Labute approximate surface area is 125 Å². The molecule has 1 aromatic heterocycles. The molecule has 112 valence electrons. The van der Waals surface area contributed by atoms with Crippen molar-refractivity contribution in [3.05, 3.63) is 46.1 Å². The third-order valence-corrected chi connectivity index (χ3v) is 3.91. The molecule has 0 unspecified atom stereocenters. The summed E-state index contributed by atoms with van der Waals surface area (Å²) in [6.45, 7) is 2.60. The lowest BCUT2D eigenvalue weighted by Crippen LogP contribution is -2.18. The number of halogens is 1. The second-order valence-corrected chi connectivity index (χ2v) is 5.48. The van der Waals surface area contributed by atoms with Gasteiger partial charge in [-0.2, -0.15) is 0 Å². The van der Waals surface area contributed by atoms with E-state index in [0.717, 1.165) is 12.8 Å². The number of nitrogens with zero attached hydrogens (tertiary/aromatic N) is 2. The van der Waals surface area contributed by atoms with Crippen molar-refractivity contribution in [3.8, 4) is 0 Å². The molecule has 2 aromatic rings. The van der Waals surface area contributed by atoms with Gasteiger partial charge in [0.05, 0.1) is 5.75 Å². The first-order valence-electron chi connectivity index (χ1n) is 6.68. The SMILES string of the molecule is CCCCn1c(SCC(=O)c2cccc(F)c2)n[nH]c1=O. The number of aromatic amines is 1. The Hall–Kier alpha value is -1.89. The maximum Gasteiger partial charge on any atom is 0.343 e. The monoisotopic (exact) mass is 309 g/mol. The highest BCUT2D eigenvalue weighted by atomic mass is 32.2. The number of nitrogens with one attached hydrogen (secondary N) is 1. The molecule has 1 N–H and O–H groups in total. The molecule has 5 nitrogen and oxygen atoms in total. The van der Waals surface area contributed by atoms with Crippen molar-refractivity contribution < 1.29 is 9.18 Å². The number of hydrogen-bond acceptors (Lipinski definition) is 4. The maximum atomic E-state index is 13.1. The molecule has 0 spiro atoms. The molecular weight excluding hydrogens is 293 g/mol. The van der Waals surface area contributed by atoms with Crippen molar-refractivity contribution in [3.63, 3.8) is 0 Å². The number of Topliss-reactive ketones (excluding diaryl/α,β-unsaturated/α-hetero) is 1. The zero-order valence-electron chi connectivity index (χ0n) is 11.6. The van der Waals surface area contributed by atoms with Gasteiger partial charge in [0.25, 0.3) is 0 Å². The van der Waals surface area contributed by atoms with Gasteiger partial charge in [-0.3, -0.25) is 9.36 Å². The van der Waals surface area contributed by atoms with Crippen LogP contribution >= 0.6 is 11.8 Å². The highest BCUT2D eigenvalue weighted by Crippen LogP contribution is 2.16. The second kappa shape index (κ2) is 7.21. The number of rotatable bonds is 7. The zero-order valence-corrected chi connectivity index (χ0v) is 12.5. The first-order chi connectivity index (χ1) is 10.1. The summed E-state index contributed by atoms with van der Waals surface area (Å²) >= 11 is 1.18. The third kappa shape index (κ3) is 4.04. The summed E-state index contributed by atoms with van der Waals surface area (Å²) in [4.78, 5) is 23.6. The molecule has 0 saturated heterocycles. The van der Waals surface area contributed by atoms with Gasteiger partial charge in [-0.05, 0) is 18.6 Å². The van der Waals surface area contributed by atoms with E-state index in [9.17, 15) is 14.0 Å². The van der Waals surface area contributed by atoms with Gasteiger partial charge in [0.1, 0.15) is 5.82 Å². The van der Waals surface area contributed by atoms with Crippen LogP contribution in [0.4, 0.5) is 4.39 Å².